The highest BCUT2D eigenvalue weighted by atomic mass is 79.9. The van der Waals surface area contributed by atoms with Gasteiger partial charge in [0, 0.05) is 21.8 Å². The van der Waals surface area contributed by atoms with Gasteiger partial charge in [-0.15, -0.1) is 0 Å². The van der Waals surface area contributed by atoms with Gasteiger partial charge in [-0.05, 0) is 34.1 Å². The predicted octanol–water partition coefficient (Wildman–Crippen LogP) is 4.09. The lowest BCUT2D eigenvalue weighted by molar-refractivity contribution is 0.413. The van der Waals surface area contributed by atoms with Gasteiger partial charge in [0.2, 0.25) is 0 Å². The molecular weight excluding hydrogens is 266 g/mol. The summed E-state index contributed by atoms with van der Waals surface area (Å²) in [5.74, 6) is 0.859. The molecule has 0 unspecified atom stereocenters. The van der Waals surface area contributed by atoms with Crippen LogP contribution in [0.15, 0.2) is 40.9 Å². The van der Waals surface area contributed by atoms with E-state index in [0.29, 0.717) is 0 Å². The number of halogens is 1. The number of ether oxygens (including phenoxy) is 1. The summed E-state index contributed by atoms with van der Waals surface area (Å²) in [6.07, 6.45) is 0. The van der Waals surface area contributed by atoms with Gasteiger partial charge in [0.05, 0.1) is 11.6 Å². The number of H-pyrrole nitrogens is 1. The molecular formula is C13H10BrNO. The summed E-state index contributed by atoms with van der Waals surface area (Å²) >= 11 is 3.60. The van der Waals surface area contributed by atoms with E-state index in [1.165, 1.54) is 10.8 Å². The Hall–Kier alpha value is -1.48. The third-order valence-electron chi connectivity index (χ3n) is 2.79. The van der Waals surface area contributed by atoms with Crippen molar-refractivity contribution in [1.29, 1.82) is 0 Å². The minimum absolute atomic E-state index is 0.859. The van der Waals surface area contributed by atoms with Gasteiger partial charge < -0.3 is 9.72 Å². The van der Waals surface area contributed by atoms with Crippen LogP contribution in [0.5, 0.6) is 5.75 Å². The molecule has 1 heterocycles. The number of nitrogens with one attached hydrogen (secondary N) is 1. The van der Waals surface area contributed by atoms with E-state index < -0.39 is 0 Å². The summed E-state index contributed by atoms with van der Waals surface area (Å²) in [4.78, 5) is 3.38. The van der Waals surface area contributed by atoms with Crippen molar-refractivity contribution >= 4 is 37.7 Å². The zero-order valence-electron chi connectivity index (χ0n) is 8.75. The first-order valence-electron chi connectivity index (χ1n) is 5.04. The van der Waals surface area contributed by atoms with Gasteiger partial charge in [-0.1, -0.05) is 18.2 Å². The quantitative estimate of drug-likeness (QED) is 0.711. The third kappa shape index (κ3) is 1.25. The molecule has 80 valence electrons. The first-order chi connectivity index (χ1) is 7.81. The normalized spacial score (nSPS) is 11.1. The maximum absolute atomic E-state index is 5.31. The molecule has 0 aliphatic carbocycles. The van der Waals surface area contributed by atoms with Crippen LogP contribution in [0.3, 0.4) is 0 Å². The number of aromatic nitrogens is 1. The number of rotatable bonds is 1. The number of fused-ring (bicyclic) bond motifs is 3. The second kappa shape index (κ2) is 3.52. The van der Waals surface area contributed by atoms with Crippen molar-refractivity contribution in [3.8, 4) is 5.75 Å². The Morgan fingerprint density at radius 2 is 1.88 bits per heavy atom. The smallest absolute Gasteiger partial charge is 0.133 e. The molecule has 1 N–H and O–H groups in total. The Balaban J connectivity index is 2.53. The second-order valence-electron chi connectivity index (χ2n) is 3.67. The van der Waals surface area contributed by atoms with E-state index in [0.717, 1.165) is 21.3 Å². The van der Waals surface area contributed by atoms with Crippen LogP contribution in [0.25, 0.3) is 21.8 Å². The fourth-order valence-corrected chi connectivity index (χ4v) is 2.76. The van der Waals surface area contributed by atoms with Crippen LogP contribution in [0, 0.1) is 0 Å². The Bertz CT molecular complexity index is 672. The maximum atomic E-state index is 5.31. The van der Waals surface area contributed by atoms with E-state index in [2.05, 4.69) is 33.0 Å². The lowest BCUT2D eigenvalue weighted by atomic mass is 10.1. The summed E-state index contributed by atoms with van der Waals surface area (Å²) in [6.45, 7) is 0. The van der Waals surface area contributed by atoms with Crippen molar-refractivity contribution in [3.05, 3.63) is 40.9 Å². The molecule has 3 heteroatoms. The van der Waals surface area contributed by atoms with Crippen molar-refractivity contribution in [1.82, 2.24) is 4.98 Å². The van der Waals surface area contributed by atoms with Crippen LogP contribution in [-0.2, 0) is 0 Å². The summed E-state index contributed by atoms with van der Waals surface area (Å²) in [5, 5.41) is 2.39. The molecule has 2 nitrogen and oxygen atoms in total. The molecule has 0 amide bonds. The minimum Gasteiger partial charge on any atom is -0.496 e. The number of benzene rings is 2. The molecule has 0 aliphatic rings. The first kappa shape index (κ1) is 9.73. The molecule has 0 radical (unpaired) electrons. The van der Waals surface area contributed by atoms with Gasteiger partial charge in [-0.3, -0.25) is 0 Å². The fourth-order valence-electron chi connectivity index (χ4n) is 2.04. The van der Waals surface area contributed by atoms with Crippen LogP contribution >= 0.6 is 15.9 Å². The molecule has 3 rings (SSSR count). The topological polar surface area (TPSA) is 25.0 Å². The minimum atomic E-state index is 0.859. The van der Waals surface area contributed by atoms with Crippen molar-refractivity contribution in [2.24, 2.45) is 0 Å². The molecule has 0 saturated carbocycles. The monoisotopic (exact) mass is 275 g/mol. The molecule has 1 aromatic heterocycles. The highest BCUT2D eigenvalue weighted by Crippen LogP contribution is 2.37. The van der Waals surface area contributed by atoms with Crippen molar-refractivity contribution in [2.45, 2.75) is 0 Å². The van der Waals surface area contributed by atoms with Crippen LogP contribution < -0.4 is 4.74 Å². The lowest BCUT2D eigenvalue weighted by Crippen LogP contribution is -1.83. The van der Waals surface area contributed by atoms with E-state index >= 15 is 0 Å². The molecule has 0 fully saturated rings. The standard InChI is InChI=1S/C13H10BrNO/c1-16-11-7-6-10-12(13(11)14)8-4-2-3-5-9(8)15-10/h2-7,15H,1H3. The second-order valence-corrected chi connectivity index (χ2v) is 4.47. The average Bonchev–Trinajstić information content (AvgIpc) is 2.68. The Morgan fingerprint density at radius 3 is 2.69 bits per heavy atom. The number of hydrogen-bond acceptors (Lipinski definition) is 1. The molecule has 0 saturated heterocycles. The van der Waals surface area contributed by atoms with Crippen LogP contribution in [0.1, 0.15) is 0 Å². The summed E-state index contributed by atoms with van der Waals surface area (Å²) in [6, 6.07) is 12.3. The number of hydrogen-bond donors (Lipinski definition) is 1. The van der Waals surface area contributed by atoms with E-state index in [9.17, 15) is 0 Å². The first-order valence-corrected chi connectivity index (χ1v) is 5.83. The lowest BCUT2D eigenvalue weighted by Gasteiger charge is -2.03. The zero-order valence-corrected chi connectivity index (χ0v) is 10.3. The van der Waals surface area contributed by atoms with Gasteiger partial charge in [-0.2, -0.15) is 0 Å². The number of para-hydroxylation sites is 1. The number of methoxy groups -OCH3 is 1. The Morgan fingerprint density at radius 1 is 1.06 bits per heavy atom. The molecule has 3 aromatic rings. The van der Waals surface area contributed by atoms with Gasteiger partial charge in [0.15, 0.2) is 0 Å². The molecule has 0 bridgehead atoms. The Kier molecular flexibility index (Phi) is 2.14. The third-order valence-corrected chi connectivity index (χ3v) is 3.58. The summed E-state index contributed by atoms with van der Waals surface area (Å²) < 4.78 is 6.32. The molecule has 16 heavy (non-hydrogen) atoms. The van der Waals surface area contributed by atoms with E-state index in [1.54, 1.807) is 7.11 Å². The van der Waals surface area contributed by atoms with Gasteiger partial charge in [0.1, 0.15) is 5.75 Å². The highest BCUT2D eigenvalue weighted by Gasteiger charge is 2.10. The van der Waals surface area contributed by atoms with E-state index in [1.807, 2.05) is 24.3 Å². The van der Waals surface area contributed by atoms with Gasteiger partial charge >= 0.3 is 0 Å². The summed E-state index contributed by atoms with van der Waals surface area (Å²) in [5.41, 5.74) is 2.26. The van der Waals surface area contributed by atoms with Crippen LogP contribution in [-0.4, -0.2) is 12.1 Å². The largest absolute Gasteiger partial charge is 0.496 e. The van der Waals surface area contributed by atoms with Crippen LogP contribution in [0.2, 0.25) is 0 Å². The van der Waals surface area contributed by atoms with Crippen molar-refractivity contribution in [3.63, 3.8) is 0 Å². The molecule has 0 aliphatic heterocycles. The molecule has 2 aromatic carbocycles. The molecule has 0 spiro atoms. The Labute approximate surface area is 101 Å². The van der Waals surface area contributed by atoms with Gasteiger partial charge in [0.25, 0.3) is 0 Å². The predicted molar refractivity (Wildman–Crippen MR) is 70.1 cm³/mol. The van der Waals surface area contributed by atoms with Gasteiger partial charge in [-0.25, -0.2) is 0 Å². The van der Waals surface area contributed by atoms with Crippen molar-refractivity contribution < 1.29 is 4.74 Å². The van der Waals surface area contributed by atoms with Crippen molar-refractivity contribution in [2.75, 3.05) is 7.11 Å². The highest BCUT2D eigenvalue weighted by molar-refractivity contribution is 9.10. The maximum Gasteiger partial charge on any atom is 0.133 e. The van der Waals surface area contributed by atoms with E-state index in [-0.39, 0.29) is 0 Å². The fraction of sp³-hybridized carbons (Fsp3) is 0.0769. The zero-order chi connectivity index (χ0) is 11.1. The molecule has 0 atom stereocenters. The summed E-state index contributed by atoms with van der Waals surface area (Å²) in [7, 11) is 1.68. The average molecular weight is 276 g/mol. The number of aromatic amines is 1. The SMILES string of the molecule is COc1ccc2[nH]c3ccccc3c2c1Br. The van der Waals surface area contributed by atoms with E-state index in [4.69, 9.17) is 4.74 Å². The van der Waals surface area contributed by atoms with Crippen LogP contribution in [0.4, 0.5) is 0 Å².